The number of allylic oxidation sites excluding steroid dienone is 1. The maximum absolute atomic E-state index is 13.4. The Hall–Kier alpha value is -2.97. The molecule has 1 N–H and O–H groups in total. The van der Waals surface area contributed by atoms with Crippen LogP contribution in [0.25, 0.3) is 6.08 Å². The third kappa shape index (κ3) is 5.05. The minimum absolute atomic E-state index is 0.152. The van der Waals surface area contributed by atoms with Crippen LogP contribution in [0, 0.1) is 0 Å². The zero-order valence-corrected chi connectivity index (χ0v) is 14.3. The first-order chi connectivity index (χ1) is 12.9. The molecule has 2 aromatic carbocycles. The van der Waals surface area contributed by atoms with Crippen molar-refractivity contribution in [2.45, 2.75) is 18.3 Å². The van der Waals surface area contributed by atoms with Gasteiger partial charge >= 0.3 is 18.3 Å². The number of rotatable bonds is 5. The second kappa shape index (κ2) is 7.95. The Morgan fingerprint density at radius 1 is 1.07 bits per heavy atom. The Morgan fingerprint density at radius 3 is 2.29 bits per heavy atom. The quantitative estimate of drug-likeness (QED) is 0.644. The fraction of sp³-hybridized carbons (Fsp3) is 0.211. The van der Waals surface area contributed by atoms with Crippen LogP contribution in [-0.2, 0) is 6.18 Å². The molecule has 0 aliphatic carbocycles. The van der Waals surface area contributed by atoms with E-state index in [2.05, 4.69) is 0 Å². The van der Waals surface area contributed by atoms with Crippen molar-refractivity contribution >= 4 is 12.0 Å². The number of benzene rings is 2. The Morgan fingerprint density at radius 2 is 1.75 bits per heavy atom. The Kier molecular flexibility index (Phi) is 6.06. The highest BCUT2D eigenvalue weighted by molar-refractivity contribution is 5.90. The second-order valence-electron chi connectivity index (χ2n) is 5.76. The lowest BCUT2D eigenvalue weighted by molar-refractivity contribution is -0.139. The normalized spacial score (nSPS) is 13.5. The van der Waals surface area contributed by atoms with E-state index in [1.807, 2.05) is 0 Å². The number of methoxy groups -OCH3 is 1. The first-order valence-corrected chi connectivity index (χ1v) is 7.77. The Bertz CT molecular complexity index is 884. The molecule has 150 valence electrons. The van der Waals surface area contributed by atoms with Crippen molar-refractivity contribution in [1.82, 2.24) is 0 Å². The van der Waals surface area contributed by atoms with Crippen molar-refractivity contribution in [2.75, 3.05) is 7.11 Å². The van der Waals surface area contributed by atoms with Crippen molar-refractivity contribution in [3.05, 3.63) is 70.8 Å². The van der Waals surface area contributed by atoms with Gasteiger partial charge in [0.1, 0.15) is 5.75 Å². The van der Waals surface area contributed by atoms with Crippen LogP contribution in [0.1, 0.15) is 33.0 Å². The molecule has 9 heteroatoms. The minimum Gasteiger partial charge on any atom is -0.497 e. The van der Waals surface area contributed by atoms with Gasteiger partial charge in [-0.05, 0) is 35.4 Å². The number of alkyl halides is 6. The van der Waals surface area contributed by atoms with E-state index in [0.717, 1.165) is 12.1 Å². The van der Waals surface area contributed by atoms with E-state index < -0.39 is 35.4 Å². The molecule has 28 heavy (non-hydrogen) atoms. The average molecular weight is 404 g/mol. The molecule has 0 aliphatic heterocycles. The molecule has 2 aromatic rings. The Balaban J connectivity index is 2.46. The zero-order chi connectivity index (χ0) is 21.1. The van der Waals surface area contributed by atoms with Crippen LogP contribution in [0.2, 0.25) is 0 Å². The number of hydrogen-bond donors (Lipinski definition) is 1. The monoisotopic (exact) mass is 404 g/mol. The lowest BCUT2D eigenvalue weighted by Gasteiger charge is -2.18. The predicted octanol–water partition coefficient (Wildman–Crippen LogP) is 5.77. The van der Waals surface area contributed by atoms with E-state index in [-0.39, 0.29) is 16.9 Å². The van der Waals surface area contributed by atoms with Crippen molar-refractivity contribution in [3.8, 4) is 5.75 Å². The number of halogens is 6. The summed E-state index contributed by atoms with van der Waals surface area (Å²) in [5.74, 6) is -3.67. The largest absolute Gasteiger partial charge is 0.497 e. The number of carbonyl (C=O) groups is 1. The Labute approximate surface area is 155 Å². The van der Waals surface area contributed by atoms with E-state index in [0.29, 0.717) is 18.2 Å². The van der Waals surface area contributed by atoms with Crippen molar-refractivity contribution in [1.29, 1.82) is 0 Å². The van der Waals surface area contributed by atoms with Gasteiger partial charge in [-0.3, -0.25) is 0 Å². The summed E-state index contributed by atoms with van der Waals surface area (Å²) >= 11 is 0. The molecular formula is C19H14F6O3. The van der Waals surface area contributed by atoms with Crippen LogP contribution in [0.3, 0.4) is 0 Å². The number of aromatic carboxylic acids is 1. The smallest absolute Gasteiger partial charge is 0.417 e. The number of carboxylic acid groups (broad SMARTS) is 1. The summed E-state index contributed by atoms with van der Waals surface area (Å²) in [6.45, 7) is 0. The molecule has 0 aromatic heterocycles. The van der Waals surface area contributed by atoms with Gasteiger partial charge in [0.15, 0.2) is 0 Å². The summed E-state index contributed by atoms with van der Waals surface area (Å²) in [4.78, 5) is 10.9. The van der Waals surface area contributed by atoms with E-state index in [1.54, 1.807) is 0 Å². The SMILES string of the molecule is COc1cccc(C(/C=C/c2ccc(C(=O)O)c(C(F)(F)F)c2)C(F)(F)F)c1. The fourth-order valence-corrected chi connectivity index (χ4v) is 2.54. The van der Waals surface area contributed by atoms with Gasteiger partial charge in [-0.15, -0.1) is 0 Å². The van der Waals surface area contributed by atoms with E-state index in [9.17, 15) is 31.1 Å². The second-order valence-corrected chi connectivity index (χ2v) is 5.76. The molecule has 0 saturated heterocycles. The van der Waals surface area contributed by atoms with Gasteiger partial charge in [0, 0.05) is 0 Å². The van der Waals surface area contributed by atoms with Crippen LogP contribution in [0.4, 0.5) is 26.3 Å². The maximum atomic E-state index is 13.4. The van der Waals surface area contributed by atoms with E-state index >= 15 is 0 Å². The molecule has 1 atom stereocenters. The average Bonchev–Trinajstić information content (AvgIpc) is 2.60. The summed E-state index contributed by atoms with van der Waals surface area (Å²) in [7, 11) is 1.29. The highest BCUT2D eigenvalue weighted by Crippen LogP contribution is 2.38. The van der Waals surface area contributed by atoms with Gasteiger partial charge in [0.2, 0.25) is 0 Å². The van der Waals surface area contributed by atoms with Crippen LogP contribution in [0.15, 0.2) is 48.5 Å². The van der Waals surface area contributed by atoms with Crippen molar-refractivity contribution in [2.24, 2.45) is 0 Å². The van der Waals surface area contributed by atoms with Gasteiger partial charge in [-0.1, -0.05) is 30.4 Å². The van der Waals surface area contributed by atoms with Crippen LogP contribution in [0.5, 0.6) is 5.75 Å². The fourth-order valence-electron chi connectivity index (χ4n) is 2.54. The number of ether oxygens (including phenoxy) is 1. The lowest BCUT2D eigenvalue weighted by atomic mass is 9.96. The zero-order valence-electron chi connectivity index (χ0n) is 14.3. The van der Waals surface area contributed by atoms with Gasteiger partial charge in [-0.2, -0.15) is 26.3 Å². The third-order valence-electron chi connectivity index (χ3n) is 3.87. The maximum Gasteiger partial charge on any atom is 0.417 e. The minimum atomic E-state index is -4.96. The molecule has 0 saturated carbocycles. The van der Waals surface area contributed by atoms with Crippen LogP contribution in [-0.4, -0.2) is 24.4 Å². The third-order valence-corrected chi connectivity index (χ3v) is 3.87. The summed E-state index contributed by atoms with van der Waals surface area (Å²) in [5.41, 5.74) is -2.78. The van der Waals surface area contributed by atoms with E-state index in [1.165, 1.54) is 31.4 Å². The first-order valence-electron chi connectivity index (χ1n) is 7.77. The molecular weight excluding hydrogens is 390 g/mol. The van der Waals surface area contributed by atoms with Crippen LogP contribution >= 0.6 is 0 Å². The summed E-state index contributed by atoms with van der Waals surface area (Å²) in [5, 5.41) is 8.86. The van der Waals surface area contributed by atoms with Gasteiger partial charge in [0.25, 0.3) is 0 Å². The first kappa shape index (κ1) is 21.3. The van der Waals surface area contributed by atoms with E-state index in [4.69, 9.17) is 9.84 Å². The molecule has 0 bridgehead atoms. The van der Waals surface area contributed by atoms with Crippen molar-refractivity contribution in [3.63, 3.8) is 0 Å². The molecule has 0 spiro atoms. The van der Waals surface area contributed by atoms with Gasteiger partial charge < -0.3 is 9.84 Å². The number of carboxylic acids is 1. The molecule has 0 aliphatic rings. The molecule has 0 heterocycles. The highest BCUT2D eigenvalue weighted by atomic mass is 19.4. The van der Waals surface area contributed by atoms with Crippen LogP contribution < -0.4 is 4.74 Å². The molecule has 1 unspecified atom stereocenters. The molecule has 0 amide bonds. The van der Waals surface area contributed by atoms with Crippen molar-refractivity contribution < 1.29 is 41.0 Å². The topological polar surface area (TPSA) is 46.5 Å². The molecule has 2 rings (SSSR count). The summed E-state index contributed by atoms with van der Waals surface area (Å²) in [6.07, 6.45) is -8.08. The standard InChI is InChI=1S/C19H14F6O3/c1-28-13-4-2-3-12(10-13)15(18(20,21)22)8-6-11-5-7-14(17(26)27)16(9-11)19(23,24)25/h2-10,15H,1H3,(H,26,27)/b8-6+. The molecule has 3 nitrogen and oxygen atoms in total. The summed E-state index contributed by atoms with van der Waals surface area (Å²) in [6, 6.07) is 7.44. The number of hydrogen-bond acceptors (Lipinski definition) is 2. The predicted molar refractivity (Wildman–Crippen MR) is 89.2 cm³/mol. The molecule has 0 radical (unpaired) electrons. The highest BCUT2D eigenvalue weighted by Gasteiger charge is 2.39. The van der Waals surface area contributed by atoms with Gasteiger partial charge in [-0.25, -0.2) is 4.79 Å². The van der Waals surface area contributed by atoms with Gasteiger partial charge in [0.05, 0.1) is 24.2 Å². The molecule has 0 fully saturated rings. The lowest BCUT2D eigenvalue weighted by Crippen LogP contribution is -2.19. The summed E-state index contributed by atoms with van der Waals surface area (Å²) < 4.78 is 84.3.